The van der Waals surface area contributed by atoms with Gasteiger partial charge in [-0.2, -0.15) is 5.11 Å². The van der Waals surface area contributed by atoms with Gasteiger partial charge < -0.3 is 4.98 Å². The molecule has 0 aliphatic heterocycles. The highest BCUT2D eigenvalue weighted by Crippen LogP contribution is 2.19. The Hall–Kier alpha value is -3.10. The van der Waals surface area contributed by atoms with E-state index >= 15 is 0 Å². The summed E-state index contributed by atoms with van der Waals surface area (Å²) in [5.74, 6) is 0. The van der Waals surface area contributed by atoms with Crippen molar-refractivity contribution in [2.75, 3.05) is 0 Å². The fourth-order valence-electron chi connectivity index (χ4n) is 1.23. The molecule has 9 heteroatoms. The normalized spacial score (nSPS) is 10.7. The Bertz CT molecular complexity index is 744. The number of hydrogen-bond donors (Lipinski definition) is 2. The van der Waals surface area contributed by atoms with Gasteiger partial charge in [0.2, 0.25) is 0 Å². The molecule has 0 amide bonds. The van der Waals surface area contributed by atoms with Crippen molar-refractivity contribution in [3.05, 3.63) is 61.4 Å². The third-order valence-corrected chi connectivity index (χ3v) is 2.13. The lowest BCUT2D eigenvalue weighted by molar-refractivity contribution is -0.384. The maximum atomic E-state index is 11.3. The first-order chi connectivity index (χ1) is 9.06. The Kier molecular flexibility index (Phi) is 3.28. The van der Waals surface area contributed by atoms with Crippen LogP contribution in [0.25, 0.3) is 0 Å². The summed E-state index contributed by atoms with van der Waals surface area (Å²) in [6.07, 6.45) is 1.12. The maximum absolute atomic E-state index is 11.3. The van der Waals surface area contributed by atoms with Crippen molar-refractivity contribution in [1.29, 1.82) is 0 Å². The molecule has 2 N–H and O–H groups in total. The summed E-state index contributed by atoms with van der Waals surface area (Å²) < 4.78 is 0. The second-order valence-corrected chi connectivity index (χ2v) is 3.43. The first kappa shape index (κ1) is 12.4. The van der Waals surface area contributed by atoms with Gasteiger partial charge in [0.05, 0.1) is 10.6 Å². The first-order valence-corrected chi connectivity index (χ1v) is 5.04. The highest BCUT2D eigenvalue weighted by atomic mass is 16.6. The minimum absolute atomic E-state index is 0.0687. The zero-order valence-corrected chi connectivity index (χ0v) is 9.36. The predicted molar refractivity (Wildman–Crippen MR) is 65.0 cm³/mol. The molecular weight excluding hydrogens is 254 g/mol. The summed E-state index contributed by atoms with van der Waals surface area (Å²) in [6, 6.07) is 5.32. The molecule has 1 aromatic carbocycles. The third kappa shape index (κ3) is 2.97. The van der Waals surface area contributed by atoms with Crippen LogP contribution < -0.4 is 11.2 Å². The monoisotopic (exact) mass is 261 g/mol. The lowest BCUT2D eigenvalue weighted by Crippen LogP contribution is -2.20. The van der Waals surface area contributed by atoms with Gasteiger partial charge in [-0.05, 0) is 12.1 Å². The van der Waals surface area contributed by atoms with E-state index in [1.54, 1.807) is 0 Å². The molecule has 1 heterocycles. The van der Waals surface area contributed by atoms with Crippen LogP contribution in [-0.4, -0.2) is 14.9 Å². The van der Waals surface area contributed by atoms with Gasteiger partial charge >= 0.3 is 5.69 Å². The number of non-ortho nitro benzene ring substituents is 1. The molecule has 0 aliphatic carbocycles. The Morgan fingerprint density at radius 1 is 1.11 bits per heavy atom. The van der Waals surface area contributed by atoms with Gasteiger partial charge in [-0.15, -0.1) is 5.11 Å². The Balaban J connectivity index is 2.25. The number of azo groups is 1. The SMILES string of the molecule is O=c1[nH]cc(N=Nc2ccc([N+](=O)[O-])cc2)c(=O)[nH]1. The molecule has 0 saturated heterocycles. The van der Waals surface area contributed by atoms with Crippen LogP contribution in [0.2, 0.25) is 0 Å². The van der Waals surface area contributed by atoms with E-state index in [2.05, 4.69) is 15.2 Å². The number of hydrogen-bond acceptors (Lipinski definition) is 6. The van der Waals surface area contributed by atoms with E-state index < -0.39 is 16.2 Å². The van der Waals surface area contributed by atoms with E-state index in [0.717, 1.165) is 6.20 Å². The molecule has 96 valence electrons. The number of aromatic amines is 2. The van der Waals surface area contributed by atoms with Crippen LogP contribution in [0.15, 0.2) is 50.3 Å². The predicted octanol–water partition coefficient (Wildman–Crippen LogP) is 1.39. The molecule has 19 heavy (non-hydrogen) atoms. The molecule has 0 bridgehead atoms. The molecule has 2 rings (SSSR count). The van der Waals surface area contributed by atoms with E-state index in [4.69, 9.17) is 0 Å². The Morgan fingerprint density at radius 3 is 2.37 bits per heavy atom. The quantitative estimate of drug-likeness (QED) is 0.490. The van der Waals surface area contributed by atoms with E-state index in [0.29, 0.717) is 5.69 Å². The van der Waals surface area contributed by atoms with Crippen molar-refractivity contribution in [2.24, 2.45) is 10.2 Å². The smallest absolute Gasteiger partial charge is 0.312 e. The number of nitro groups is 1. The number of benzene rings is 1. The highest BCUT2D eigenvalue weighted by Gasteiger charge is 2.03. The summed E-state index contributed by atoms with van der Waals surface area (Å²) in [5.41, 5.74) is -1.11. The number of nitro benzene ring substituents is 1. The van der Waals surface area contributed by atoms with Gasteiger partial charge in [0, 0.05) is 18.3 Å². The molecule has 0 saturated carbocycles. The van der Waals surface area contributed by atoms with Gasteiger partial charge in [-0.1, -0.05) is 0 Å². The van der Waals surface area contributed by atoms with Crippen LogP contribution in [0.4, 0.5) is 17.1 Å². The zero-order chi connectivity index (χ0) is 13.8. The second kappa shape index (κ2) is 5.04. The summed E-state index contributed by atoms with van der Waals surface area (Å²) in [5, 5.41) is 17.8. The fourth-order valence-corrected chi connectivity index (χ4v) is 1.23. The third-order valence-electron chi connectivity index (χ3n) is 2.13. The standard InChI is InChI=1S/C10H7N5O4/c16-9-8(5-11-10(17)12-9)14-13-6-1-3-7(4-2-6)15(18)19/h1-5H,(H2,11,12,16,17). The highest BCUT2D eigenvalue weighted by molar-refractivity contribution is 5.44. The minimum atomic E-state index is -0.672. The van der Waals surface area contributed by atoms with Crippen molar-refractivity contribution >= 4 is 17.1 Å². The molecule has 9 nitrogen and oxygen atoms in total. The molecule has 1 aromatic heterocycles. The van der Waals surface area contributed by atoms with Crippen molar-refractivity contribution in [3.63, 3.8) is 0 Å². The minimum Gasteiger partial charge on any atom is -0.312 e. The van der Waals surface area contributed by atoms with Crippen molar-refractivity contribution < 1.29 is 4.92 Å². The van der Waals surface area contributed by atoms with Gasteiger partial charge in [-0.25, -0.2) is 4.79 Å². The second-order valence-electron chi connectivity index (χ2n) is 3.43. The molecule has 0 fully saturated rings. The van der Waals surface area contributed by atoms with Crippen molar-refractivity contribution in [2.45, 2.75) is 0 Å². The number of nitrogens with zero attached hydrogens (tertiary/aromatic N) is 3. The zero-order valence-electron chi connectivity index (χ0n) is 9.36. The van der Waals surface area contributed by atoms with Gasteiger partial charge in [0.1, 0.15) is 0 Å². The van der Waals surface area contributed by atoms with Gasteiger partial charge in [-0.3, -0.25) is 19.9 Å². The number of rotatable bonds is 3. The molecule has 0 unspecified atom stereocenters. The van der Waals surface area contributed by atoms with Crippen LogP contribution in [-0.2, 0) is 0 Å². The summed E-state index contributed by atoms with van der Waals surface area (Å²) >= 11 is 0. The number of H-pyrrole nitrogens is 2. The molecular formula is C10H7N5O4. The van der Waals surface area contributed by atoms with Crippen molar-refractivity contribution in [1.82, 2.24) is 9.97 Å². The van der Waals surface area contributed by atoms with E-state index in [-0.39, 0.29) is 11.4 Å². The molecule has 2 aromatic rings. The van der Waals surface area contributed by atoms with Crippen LogP contribution >= 0.6 is 0 Å². The first-order valence-electron chi connectivity index (χ1n) is 5.04. The van der Waals surface area contributed by atoms with E-state index in [1.807, 2.05) is 4.98 Å². The number of nitrogens with one attached hydrogen (secondary N) is 2. The lowest BCUT2D eigenvalue weighted by Gasteiger charge is -1.93. The summed E-state index contributed by atoms with van der Waals surface area (Å²) in [4.78, 5) is 36.2. The van der Waals surface area contributed by atoms with Crippen molar-refractivity contribution in [3.8, 4) is 0 Å². The fraction of sp³-hybridized carbons (Fsp3) is 0. The summed E-state index contributed by atoms with van der Waals surface area (Å²) in [6.45, 7) is 0. The van der Waals surface area contributed by atoms with Crippen LogP contribution in [0.1, 0.15) is 0 Å². The molecule has 0 radical (unpaired) electrons. The summed E-state index contributed by atoms with van der Waals surface area (Å²) in [7, 11) is 0. The van der Waals surface area contributed by atoms with E-state index in [9.17, 15) is 19.7 Å². The van der Waals surface area contributed by atoms with Crippen LogP contribution in [0, 0.1) is 10.1 Å². The average molecular weight is 261 g/mol. The molecule has 0 spiro atoms. The topological polar surface area (TPSA) is 134 Å². The van der Waals surface area contributed by atoms with Gasteiger partial charge in [0.25, 0.3) is 11.2 Å². The molecule has 0 atom stereocenters. The van der Waals surface area contributed by atoms with Crippen LogP contribution in [0.5, 0.6) is 0 Å². The van der Waals surface area contributed by atoms with E-state index in [1.165, 1.54) is 24.3 Å². The average Bonchev–Trinajstić information content (AvgIpc) is 2.38. The Morgan fingerprint density at radius 2 is 1.79 bits per heavy atom. The van der Waals surface area contributed by atoms with Gasteiger partial charge in [0.15, 0.2) is 5.69 Å². The maximum Gasteiger partial charge on any atom is 0.325 e. The number of aromatic nitrogens is 2. The Labute approximate surface area is 104 Å². The molecule has 0 aliphatic rings. The largest absolute Gasteiger partial charge is 0.325 e. The lowest BCUT2D eigenvalue weighted by atomic mass is 10.3. The van der Waals surface area contributed by atoms with Crippen LogP contribution in [0.3, 0.4) is 0 Å².